The van der Waals surface area contributed by atoms with E-state index in [2.05, 4.69) is 15.3 Å². The quantitative estimate of drug-likeness (QED) is 0.654. The first kappa shape index (κ1) is 17.8. The molecule has 4 rings (SSSR count). The molecule has 0 spiro atoms. The Morgan fingerprint density at radius 2 is 2.22 bits per heavy atom. The van der Waals surface area contributed by atoms with E-state index < -0.39 is 0 Å². The number of rotatable bonds is 5. The minimum Gasteiger partial charge on any atom is -0.479 e. The number of H-pyrrole nitrogens is 1. The van der Waals surface area contributed by atoms with Crippen molar-refractivity contribution in [1.82, 2.24) is 9.97 Å². The number of halogens is 1. The third kappa shape index (κ3) is 3.38. The highest BCUT2D eigenvalue weighted by Gasteiger charge is 2.26. The topological polar surface area (TPSA) is 90.8 Å². The van der Waals surface area contributed by atoms with E-state index in [1.165, 1.54) is 18.4 Å². The summed E-state index contributed by atoms with van der Waals surface area (Å²) in [5, 5.41) is 14.4. The zero-order valence-corrected chi connectivity index (χ0v) is 16.4. The third-order valence-electron chi connectivity index (χ3n) is 4.70. The predicted octanol–water partition coefficient (Wildman–Crippen LogP) is 4.57. The summed E-state index contributed by atoms with van der Waals surface area (Å²) in [4.78, 5) is 20.2. The van der Waals surface area contributed by atoms with Gasteiger partial charge in [0.05, 0.1) is 13.2 Å². The first-order valence-corrected chi connectivity index (χ1v) is 9.77. The van der Waals surface area contributed by atoms with Crippen LogP contribution in [0.3, 0.4) is 0 Å². The number of anilines is 1. The first-order valence-electron chi connectivity index (χ1n) is 8.58. The van der Waals surface area contributed by atoms with E-state index in [0.29, 0.717) is 21.5 Å². The number of benzene rings is 1. The Bertz CT molecular complexity index is 1130. The van der Waals surface area contributed by atoms with Crippen LogP contribution in [0.15, 0.2) is 23.0 Å². The molecule has 2 N–H and O–H groups in total. The molecule has 138 valence electrons. The molecule has 1 aromatic carbocycles. The molecule has 1 aliphatic carbocycles. The van der Waals surface area contributed by atoms with E-state index in [0.717, 1.165) is 34.3 Å². The summed E-state index contributed by atoms with van der Waals surface area (Å²) in [6, 6.07) is 7.50. The predicted molar refractivity (Wildman–Crippen MR) is 107 cm³/mol. The molecule has 1 atom stereocenters. The minimum absolute atomic E-state index is 0.157. The molecule has 6 nitrogen and oxygen atoms in total. The van der Waals surface area contributed by atoms with E-state index in [-0.39, 0.29) is 17.5 Å². The largest absolute Gasteiger partial charge is 0.479 e. The normalized spacial score (nSPS) is 14.7. The van der Waals surface area contributed by atoms with Crippen molar-refractivity contribution in [2.45, 2.75) is 31.7 Å². The van der Waals surface area contributed by atoms with Gasteiger partial charge in [-0.25, -0.2) is 0 Å². The molecule has 0 amide bonds. The number of hydrogen-bond acceptors (Lipinski definition) is 6. The number of nitrogens with zero attached hydrogens (tertiary/aromatic N) is 2. The summed E-state index contributed by atoms with van der Waals surface area (Å²) >= 11 is 7.62. The second kappa shape index (κ2) is 6.87. The van der Waals surface area contributed by atoms with Crippen molar-refractivity contribution in [2.75, 3.05) is 12.4 Å². The van der Waals surface area contributed by atoms with Gasteiger partial charge >= 0.3 is 0 Å². The SMILES string of the molecule is COc1nc(N[C@@H](C)c2cc3cc(Cl)c(C4CC4)cc3[nH]c2=O)sc1C#N. The zero-order valence-electron chi connectivity index (χ0n) is 14.8. The Hall–Kier alpha value is -2.56. The number of thiazole rings is 1. The van der Waals surface area contributed by atoms with Crippen molar-refractivity contribution < 1.29 is 4.74 Å². The van der Waals surface area contributed by atoms with Gasteiger partial charge in [-0.05, 0) is 49.4 Å². The van der Waals surface area contributed by atoms with Gasteiger partial charge in [-0.1, -0.05) is 22.9 Å². The lowest BCUT2D eigenvalue weighted by molar-refractivity contribution is 0.400. The van der Waals surface area contributed by atoms with Crippen LogP contribution in [0, 0.1) is 11.3 Å². The smallest absolute Gasteiger partial charge is 0.253 e. The highest BCUT2D eigenvalue weighted by molar-refractivity contribution is 7.16. The van der Waals surface area contributed by atoms with E-state index in [4.69, 9.17) is 21.6 Å². The molecule has 0 bridgehead atoms. The van der Waals surface area contributed by atoms with Crippen molar-refractivity contribution >= 4 is 39.0 Å². The lowest BCUT2D eigenvalue weighted by Crippen LogP contribution is -2.19. The molecule has 0 saturated heterocycles. The Morgan fingerprint density at radius 3 is 2.85 bits per heavy atom. The molecule has 2 heterocycles. The van der Waals surface area contributed by atoms with Gasteiger partial charge in [0.1, 0.15) is 6.07 Å². The van der Waals surface area contributed by atoms with Gasteiger partial charge in [0.25, 0.3) is 5.56 Å². The third-order valence-corrected chi connectivity index (χ3v) is 5.90. The average Bonchev–Trinajstić information content (AvgIpc) is 3.41. The Morgan fingerprint density at radius 1 is 1.44 bits per heavy atom. The maximum atomic E-state index is 12.6. The maximum Gasteiger partial charge on any atom is 0.253 e. The highest BCUT2D eigenvalue weighted by Crippen LogP contribution is 2.44. The molecule has 27 heavy (non-hydrogen) atoms. The molecule has 0 aliphatic heterocycles. The summed E-state index contributed by atoms with van der Waals surface area (Å²) in [5.41, 5.74) is 2.32. The fourth-order valence-corrected chi connectivity index (χ4v) is 4.28. The maximum absolute atomic E-state index is 12.6. The second-order valence-electron chi connectivity index (χ2n) is 6.62. The van der Waals surface area contributed by atoms with E-state index >= 15 is 0 Å². The van der Waals surface area contributed by atoms with Crippen molar-refractivity contribution in [2.24, 2.45) is 0 Å². The fourth-order valence-electron chi connectivity index (χ4n) is 3.13. The van der Waals surface area contributed by atoms with Crippen molar-refractivity contribution in [3.8, 4) is 11.9 Å². The number of ether oxygens (including phenoxy) is 1. The lowest BCUT2D eigenvalue weighted by atomic mass is 10.0. The number of nitriles is 1. The Balaban J connectivity index is 1.67. The number of methoxy groups -OCH3 is 1. The fraction of sp³-hybridized carbons (Fsp3) is 0.316. The summed E-state index contributed by atoms with van der Waals surface area (Å²) in [5.74, 6) is 0.795. The van der Waals surface area contributed by atoms with Crippen LogP contribution in [0.4, 0.5) is 5.13 Å². The van der Waals surface area contributed by atoms with Crippen molar-refractivity contribution in [3.63, 3.8) is 0 Å². The molecular formula is C19H17ClN4O2S. The van der Waals surface area contributed by atoms with Gasteiger partial charge in [-0.15, -0.1) is 0 Å². The summed E-state index contributed by atoms with van der Waals surface area (Å²) in [6.45, 7) is 1.87. The van der Waals surface area contributed by atoms with Crippen LogP contribution in [0.25, 0.3) is 10.9 Å². The summed E-state index contributed by atoms with van der Waals surface area (Å²) < 4.78 is 5.09. The molecule has 1 saturated carbocycles. The van der Waals surface area contributed by atoms with E-state index in [1.807, 2.05) is 31.2 Å². The van der Waals surface area contributed by atoms with Gasteiger partial charge in [-0.3, -0.25) is 4.79 Å². The van der Waals surface area contributed by atoms with E-state index in [9.17, 15) is 4.79 Å². The van der Waals surface area contributed by atoms with Gasteiger partial charge in [0.15, 0.2) is 10.0 Å². The summed E-state index contributed by atoms with van der Waals surface area (Å²) in [6.07, 6.45) is 2.30. The van der Waals surface area contributed by atoms with Gasteiger partial charge < -0.3 is 15.0 Å². The van der Waals surface area contributed by atoms with Gasteiger partial charge in [-0.2, -0.15) is 10.2 Å². The number of pyridine rings is 1. The van der Waals surface area contributed by atoms with Crippen LogP contribution in [0.5, 0.6) is 5.88 Å². The average molecular weight is 401 g/mol. The monoisotopic (exact) mass is 400 g/mol. The minimum atomic E-state index is -0.303. The molecule has 0 radical (unpaired) electrons. The van der Waals surface area contributed by atoms with Gasteiger partial charge in [0, 0.05) is 21.5 Å². The van der Waals surface area contributed by atoms with Crippen molar-refractivity contribution in [3.05, 3.63) is 49.6 Å². The Kier molecular flexibility index (Phi) is 4.54. The first-order chi connectivity index (χ1) is 13.0. The van der Waals surface area contributed by atoms with Crippen LogP contribution >= 0.6 is 22.9 Å². The zero-order chi connectivity index (χ0) is 19.1. The summed E-state index contributed by atoms with van der Waals surface area (Å²) in [7, 11) is 1.47. The molecule has 1 fully saturated rings. The highest BCUT2D eigenvalue weighted by atomic mass is 35.5. The standard InChI is InChI=1S/C19H17ClN4O2S/c1-9(22-19-24-18(26-2)16(8-21)27-19)12-5-11-6-14(20)13(10-3-4-10)7-15(11)23-17(12)25/h5-7,9-10H,3-4H2,1-2H3,(H,22,24)(H,23,25)/t9-/m0/s1. The van der Waals surface area contributed by atoms with Crippen LogP contribution in [-0.2, 0) is 0 Å². The number of hydrogen-bond donors (Lipinski definition) is 2. The number of nitrogens with one attached hydrogen (secondary N) is 2. The van der Waals surface area contributed by atoms with Crippen LogP contribution in [0.2, 0.25) is 5.02 Å². The number of aromatic nitrogens is 2. The molecule has 1 aliphatic rings. The molecule has 3 aromatic rings. The number of aromatic amines is 1. The van der Waals surface area contributed by atoms with E-state index in [1.54, 1.807) is 0 Å². The van der Waals surface area contributed by atoms with Crippen LogP contribution in [0.1, 0.15) is 47.7 Å². The second-order valence-corrected chi connectivity index (χ2v) is 8.03. The Labute approximate surface area is 164 Å². The molecule has 0 unspecified atom stereocenters. The van der Waals surface area contributed by atoms with Crippen molar-refractivity contribution in [1.29, 1.82) is 5.26 Å². The van der Waals surface area contributed by atoms with Gasteiger partial charge in [0.2, 0.25) is 5.88 Å². The molecule has 2 aromatic heterocycles. The lowest BCUT2D eigenvalue weighted by Gasteiger charge is -2.14. The van der Waals surface area contributed by atoms with Crippen LogP contribution < -0.4 is 15.6 Å². The van der Waals surface area contributed by atoms with Crippen LogP contribution in [-0.4, -0.2) is 17.1 Å². The number of fused-ring (bicyclic) bond motifs is 1. The molecule has 8 heteroatoms. The molecular weight excluding hydrogens is 384 g/mol.